The fourth-order valence-corrected chi connectivity index (χ4v) is 4.20. The highest BCUT2D eigenvalue weighted by Gasteiger charge is 2.26. The van der Waals surface area contributed by atoms with Gasteiger partial charge < -0.3 is 24.4 Å². The predicted octanol–water partition coefficient (Wildman–Crippen LogP) is -0.260. The molecule has 0 spiro atoms. The molecule has 0 radical (unpaired) electrons. The van der Waals surface area contributed by atoms with Crippen LogP contribution in [0.25, 0.3) is 11.2 Å². The Morgan fingerprint density at radius 1 is 1.18 bits per heavy atom. The lowest BCUT2D eigenvalue weighted by atomic mass is 10.3. The largest absolute Gasteiger partial charge is 0.491 e. The minimum Gasteiger partial charge on any atom is -0.491 e. The lowest BCUT2D eigenvalue weighted by molar-refractivity contribution is 0.0935. The van der Waals surface area contributed by atoms with Crippen molar-refractivity contribution in [3.8, 4) is 5.75 Å². The Labute approximate surface area is 198 Å². The van der Waals surface area contributed by atoms with Gasteiger partial charge in [-0.3, -0.25) is 19.2 Å². The zero-order chi connectivity index (χ0) is 23.5. The highest BCUT2D eigenvalue weighted by atomic mass is 79.9. The maximum Gasteiger partial charge on any atom is 0.329 e. The van der Waals surface area contributed by atoms with Gasteiger partial charge in [0.25, 0.3) is 5.56 Å². The maximum atomic E-state index is 12.7. The summed E-state index contributed by atoms with van der Waals surface area (Å²) in [5.74, 6) is 1.14. The summed E-state index contributed by atoms with van der Waals surface area (Å²) in [6.07, 6.45) is -0.919. The summed E-state index contributed by atoms with van der Waals surface area (Å²) in [6.45, 7) is 3.53. The van der Waals surface area contributed by atoms with E-state index in [-0.39, 0.29) is 30.9 Å². The number of aromatic amines is 1. The van der Waals surface area contributed by atoms with Crippen molar-refractivity contribution in [3.63, 3.8) is 0 Å². The van der Waals surface area contributed by atoms with Crippen LogP contribution in [0, 0.1) is 0 Å². The normalized spacial score (nSPS) is 15.8. The molecule has 1 aliphatic rings. The first kappa shape index (κ1) is 23.5. The number of anilines is 1. The van der Waals surface area contributed by atoms with Gasteiger partial charge in [0.1, 0.15) is 18.5 Å². The van der Waals surface area contributed by atoms with Crippen molar-refractivity contribution in [1.82, 2.24) is 24.0 Å². The van der Waals surface area contributed by atoms with Crippen LogP contribution < -0.4 is 20.9 Å². The molecule has 11 nitrogen and oxygen atoms in total. The Hall–Kier alpha value is -2.67. The van der Waals surface area contributed by atoms with E-state index in [9.17, 15) is 19.8 Å². The molecule has 178 valence electrons. The van der Waals surface area contributed by atoms with Gasteiger partial charge in [-0.15, -0.1) is 0 Å². The first-order valence-electron chi connectivity index (χ1n) is 10.7. The van der Waals surface area contributed by atoms with Crippen molar-refractivity contribution < 1.29 is 14.9 Å². The minimum absolute atomic E-state index is 0.0225. The number of fused-ring (bicyclic) bond motifs is 1. The molecule has 33 heavy (non-hydrogen) atoms. The summed E-state index contributed by atoms with van der Waals surface area (Å²) in [5.41, 5.74) is -0.604. The minimum atomic E-state index is -0.919. The first-order valence-corrected chi connectivity index (χ1v) is 11.5. The van der Waals surface area contributed by atoms with E-state index in [1.807, 2.05) is 17.0 Å². The summed E-state index contributed by atoms with van der Waals surface area (Å²) >= 11 is 3.37. The van der Waals surface area contributed by atoms with E-state index in [1.165, 1.54) is 4.57 Å². The van der Waals surface area contributed by atoms with Gasteiger partial charge in [0, 0.05) is 44.2 Å². The van der Waals surface area contributed by atoms with Crippen LogP contribution in [-0.2, 0) is 13.6 Å². The molecule has 1 aromatic carbocycles. The topological polar surface area (TPSA) is 129 Å². The average molecular weight is 523 g/mol. The van der Waals surface area contributed by atoms with Crippen molar-refractivity contribution in [2.45, 2.75) is 12.6 Å². The molecule has 0 aliphatic carbocycles. The highest BCUT2D eigenvalue weighted by molar-refractivity contribution is 9.10. The van der Waals surface area contributed by atoms with Crippen molar-refractivity contribution >= 4 is 33.0 Å². The molecule has 1 fully saturated rings. The number of rotatable bonds is 8. The fourth-order valence-electron chi connectivity index (χ4n) is 3.94. The van der Waals surface area contributed by atoms with Gasteiger partial charge in [-0.05, 0) is 24.3 Å². The van der Waals surface area contributed by atoms with Crippen molar-refractivity contribution in [1.29, 1.82) is 0 Å². The van der Waals surface area contributed by atoms with Gasteiger partial charge in [0.15, 0.2) is 11.2 Å². The number of piperazine rings is 1. The molecule has 3 heterocycles. The molecular formula is C21H27BrN6O5. The molecule has 1 unspecified atom stereocenters. The SMILES string of the molecule is Cn1c(=O)[nH]c(=O)c2c1nc(N1CCN(CCO)CC1)n2CC(O)COc1ccc(Br)cc1. The molecule has 3 N–H and O–H groups in total. The number of H-pyrrole nitrogens is 1. The third-order valence-corrected chi connectivity index (χ3v) is 6.24. The summed E-state index contributed by atoms with van der Waals surface area (Å²) in [6, 6.07) is 7.28. The van der Waals surface area contributed by atoms with Crippen LogP contribution in [0.5, 0.6) is 5.75 Å². The Kier molecular flexibility index (Phi) is 7.17. The van der Waals surface area contributed by atoms with Crippen LogP contribution in [0.1, 0.15) is 0 Å². The number of aryl methyl sites for hydroxylation is 1. The van der Waals surface area contributed by atoms with Crippen LogP contribution in [0.3, 0.4) is 0 Å². The smallest absolute Gasteiger partial charge is 0.329 e. The molecule has 0 amide bonds. The van der Waals surface area contributed by atoms with Crippen LogP contribution in [0.2, 0.25) is 0 Å². The van der Waals surface area contributed by atoms with Crippen molar-refractivity contribution in [3.05, 3.63) is 49.6 Å². The van der Waals surface area contributed by atoms with E-state index in [0.717, 1.165) is 17.6 Å². The lowest BCUT2D eigenvalue weighted by Crippen LogP contribution is -2.48. The third-order valence-electron chi connectivity index (χ3n) is 5.71. The molecule has 12 heteroatoms. The number of imidazole rings is 1. The van der Waals surface area contributed by atoms with Gasteiger partial charge in [-0.2, -0.15) is 4.98 Å². The van der Waals surface area contributed by atoms with Crippen molar-refractivity contribution in [2.75, 3.05) is 50.8 Å². The number of β-amino-alcohol motifs (C(OH)–C–C–N with tert-alkyl or cyclic N) is 1. The van der Waals surface area contributed by atoms with Gasteiger partial charge >= 0.3 is 5.69 Å². The second-order valence-electron chi connectivity index (χ2n) is 7.98. The van der Waals surface area contributed by atoms with Gasteiger partial charge in [-0.1, -0.05) is 15.9 Å². The molecule has 2 aromatic heterocycles. The Bertz CT molecular complexity index is 1210. The zero-order valence-electron chi connectivity index (χ0n) is 18.3. The average Bonchev–Trinajstić information content (AvgIpc) is 3.17. The number of hydrogen-bond donors (Lipinski definition) is 3. The number of ether oxygens (including phenoxy) is 1. The monoisotopic (exact) mass is 522 g/mol. The number of halogens is 1. The van der Waals surface area contributed by atoms with E-state index in [1.54, 1.807) is 23.7 Å². The second kappa shape index (κ2) is 10.1. The molecule has 3 aromatic rings. The Morgan fingerprint density at radius 2 is 1.88 bits per heavy atom. The second-order valence-corrected chi connectivity index (χ2v) is 8.90. The van der Waals surface area contributed by atoms with E-state index in [2.05, 4.69) is 30.8 Å². The summed E-state index contributed by atoms with van der Waals surface area (Å²) < 4.78 is 9.57. The molecular weight excluding hydrogens is 496 g/mol. The summed E-state index contributed by atoms with van der Waals surface area (Å²) in [5, 5.41) is 19.9. The van der Waals surface area contributed by atoms with E-state index in [4.69, 9.17) is 4.74 Å². The van der Waals surface area contributed by atoms with Gasteiger partial charge in [0.05, 0.1) is 13.2 Å². The molecule has 1 saturated heterocycles. The van der Waals surface area contributed by atoms with Crippen molar-refractivity contribution in [2.24, 2.45) is 7.05 Å². The van der Waals surface area contributed by atoms with Crippen LogP contribution >= 0.6 is 15.9 Å². The molecule has 4 rings (SSSR count). The van der Waals surface area contributed by atoms with Crippen LogP contribution in [0.15, 0.2) is 38.3 Å². The Morgan fingerprint density at radius 3 is 2.55 bits per heavy atom. The van der Waals surface area contributed by atoms with E-state index in [0.29, 0.717) is 31.3 Å². The highest BCUT2D eigenvalue weighted by Crippen LogP contribution is 2.22. The number of aromatic nitrogens is 4. The number of aliphatic hydroxyl groups is 2. The third kappa shape index (κ3) is 5.13. The number of hydrogen-bond acceptors (Lipinski definition) is 8. The Balaban J connectivity index is 1.61. The molecule has 1 aliphatic heterocycles. The number of benzene rings is 1. The van der Waals surface area contributed by atoms with E-state index >= 15 is 0 Å². The van der Waals surface area contributed by atoms with Gasteiger partial charge in [0.2, 0.25) is 5.95 Å². The first-order chi connectivity index (χ1) is 15.9. The quantitative estimate of drug-likeness (QED) is 0.369. The number of nitrogens with one attached hydrogen (secondary N) is 1. The fraction of sp³-hybridized carbons (Fsp3) is 0.476. The predicted molar refractivity (Wildman–Crippen MR) is 127 cm³/mol. The van der Waals surface area contributed by atoms with Gasteiger partial charge in [-0.25, -0.2) is 4.79 Å². The van der Waals surface area contributed by atoms with E-state index < -0.39 is 17.4 Å². The maximum absolute atomic E-state index is 12.7. The zero-order valence-corrected chi connectivity index (χ0v) is 19.9. The summed E-state index contributed by atoms with van der Waals surface area (Å²) in [4.78, 5) is 35.9. The lowest BCUT2D eigenvalue weighted by Gasteiger charge is -2.35. The molecule has 0 bridgehead atoms. The molecule has 1 atom stereocenters. The standard InChI is InChI=1S/C21H27BrN6O5/c1-25-18-17(19(31)24-21(25)32)28(12-15(30)13-33-16-4-2-14(22)3-5-16)20(23-18)27-8-6-26(7-9-27)10-11-29/h2-5,15,29-30H,6-13H2,1H3,(H,24,31,32). The summed E-state index contributed by atoms with van der Waals surface area (Å²) in [7, 11) is 1.55. The molecule has 0 saturated carbocycles. The number of nitrogens with zero attached hydrogens (tertiary/aromatic N) is 5. The van der Waals surface area contributed by atoms with Crippen LogP contribution in [-0.4, -0.2) is 86.3 Å². The number of aliphatic hydroxyl groups excluding tert-OH is 2. The van der Waals surface area contributed by atoms with Crippen LogP contribution in [0.4, 0.5) is 5.95 Å².